The van der Waals surface area contributed by atoms with Crippen molar-refractivity contribution in [3.8, 4) is 11.5 Å². The molecule has 0 fully saturated rings. The first kappa shape index (κ1) is 32.4. The number of hydrogen-bond donors (Lipinski definition) is 0. The summed E-state index contributed by atoms with van der Waals surface area (Å²) in [4.78, 5) is 12.4. The van der Waals surface area contributed by atoms with Crippen LogP contribution in [0.25, 0.3) is 0 Å². The lowest BCUT2D eigenvalue weighted by atomic mass is 9.89. The van der Waals surface area contributed by atoms with Crippen LogP contribution in [0.15, 0.2) is 54.9 Å². The molecule has 2 aromatic carbocycles. The van der Waals surface area contributed by atoms with E-state index in [4.69, 9.17) is 18.6 Å². The SMILES string of the molecule is CCOC(=O)c1cnn(C[C@H](CCCc2ccccc2)[C@H](O[Si](C)(C)C(C)(C)C)c2cc(OC)c(C)c(OC)c2)c1. The summed E-state index contributed by atoms with van der Waals surface area (Å²) >= 11 is 0. The van der Waals surface area contributed by atoms with E-state index in [-0.39, 0.29) is 23.0 Å². The monoisotopic (exact) mass is 580 g/mol. The molecule has 0 spiro atoms. The van der Waals surface area contributed by atoms with Gasteiger partial charge in [0.1, 0.15) is 11.5 Å². The minimum absolute atomic E-state index is 0.0154. The zero-order valence-corrected chi connectivity index (χ0v) is 27.3. The van der Waals surface area contributed by atoms with Crippen molar-refractivity contribution < 1.29 is 23.4 Å². The van der Waals surface area contributed by atoms with Crippen LogP contribution in [0.4, 0.5) is 0 Å². The van der Waals surface area contributed by atoms with Crippen molar-refractivity contribution in [2.45, 2.75) is 84.7 Å². The Morgan fingerprint density at radius 2 is 1.68 bits per heavy atom. The average molecular weight is 581 g/mol. The van der Waals surface area contributed by atoms with E-state index in [0.29, 0.717) is 18.7 Å². The van der Waals surface area contributed by atoms with Gasteiger partial charge in [-0.05, 0) is 74.5 Å². The Bertz CT molecular complexity index is 1240. The van der Waals surface area contributed by atoms with Gasteiger partial charge in [-0.1, -0.05) is 51.1 Å². The van der Waals surface area contributed by atoms with Crippen LogP contribution in [-0.4, -0.2) is 44.9 Å². The molecule has 3 aromatic rings. The van der Waals surface area contributed by atoms with Crippen LogP contribution in [-0.2, 0) is 22.1 Å². The molecule has 1 heterocycles. The maximum absolute atomic E-state index is 12.4. The first-order valence-corrected chi connectivity index (χ1v) is 17.4. The summed E-state index contributed by atoms with van der Waals surface area (Å²) in [5.74, 6) is 1.26. The maximum atomic E-state index is 12.4. The number of benzene rings is 2. The second-order valence-corrected chi connectivity index (χ2v) is 16.9. The smallest absolute Gasteiger partial charge is 0.341 e. The molecule has 0 aliphatic carbocycles. The molecular weight excluding hydrogens is 532 g/mol. The van der Waals surface area contributed by atoms with Gasteiger partial charge in [-0.25, -0.2) is 4.79 Å². The summed E-state index contributed by atoms with van der Waals surface area (Å²) in [6.45, 7) is 16.1. The fourth-order valence-electron chi connectivity index (χ4n) is 4.78. The molecule has 2 atom stereocenters. The quantitative estimate of drug-likeness (QED) is 0.143. The third-order valence-corrected chi connectivity index (χ3v) is 12.7. The van der Waals surface area contributed by atoms with Gasteiger partial charge in [0, 0.05) is 24.2 Å². The van der Waals surface area contributed by atoms with Crippen LogP contribution >= 0.6 is 0 Å². The molecule has 0 aliphatic rings. The number of carbonyl (C=O) groups is 1. The number of methoxy groups -OCH3 is 2. The van der Waals surface area contributed by atoms with Gasteiger partial charge in [-0.3, -0.25) is 4.68 Å². The number of aromatic nitrogens is 2. The Morgan fingerprint density at radius 3 is 2.24 bits per heavy atom. The van der Waals surface area contributed by atoms with E-state index in [1.807, 2.05) is 17.7 Å². The van der Waals surface area contributed by atoms with E-state index in [2.05, 4.69) is 75.4 Å². The molecular formula is C33H48N2O5Si. The molecule has 224 valence electrons. The minimum atomic E-state index is -2.21. The van der Waals surface area contributed by atoms with E-state index >= 15 is 0 Å². The van der Waals surface area contributed by atoms with Crippen LogP contribution in [0.3, 0.4) is 0 Å². The molecule has 0 radical (unpaired) electrons. The van der Waals surface area contributed by atoms with Gasteiger partial charge in [-0.15, -0.1) is 0 Å². The van der Waals surface area contributed by atoms with Crippen molar-refractivity contribution in [1.82, 2.24) is 9.78 Å². The standard InChI is InChI=1S/C33H48N2O5Si/c1-10-39-32(36)28-21-34-35(23-28)22-26(18-14-17-25-15-12-11-13-16-25)31(40-41(8,9)33(3,4)5)27-19-29(37-6)24(2)30(20-27)38-7/h11-13,15-16,19-21,23,26,31H,10,14,17-18,22H2,1-9H3/t26-,31-/m0/s1. The van der Waals surface area contributed by atoms with Crippen LogP contribution in [0.2, 0.25) is 18.1 Å². The Labute approximate surface area is 247 Å². The van der Waals surface area contributed by atoms with E-state index in [0.717, 1.165) is 41.9 Å². The number of nitrogens with zero attached hydrogens (tertiary/aromatic N) is 2. The highest BCUT2D eigenvalue weighted by molar-refractivity contribution is 6.74. The van der Waals surface area contributed by atoms with Gasteiger partial charge in [0.05, 0.1) is 38.7 Å². The summed E-state index contributed by atoms with van der Waals surface area (Å²) in [5.41, 5.74) is 3.75. The summed E-state index contributed by atoms with van der Waals surface area (Å²) < 4.78 is 25.9. The first-order valence-electron chi connectivity index (χ1n) is 14.5. The number of ether oxygens (including phenoxy) is 3. The van der Waals surface area contributed by atoms with Crippen LogP contribution in [0.1, 0.15) is 73.7 Å². The molecule has 0 amide bonds. The van der Waals surface area contributed by atoms with Crippen molar-refractivity contribution in [3.05, 3.63) is 77.1 Å². The fourth-order valence-corrected chi connectivity index (χ4v) is 6.09. The van der Waals surface area contributed by atoms with Gasteiger partial charge in [0.2, 0.25) is 0 Å². The highest BCUT2D eigenvalue weighted by Crippen LogP contribution is 2.45. The van der Waals surface area contributed by atoms with E-state index < -0.39 is 8.32 Å². The van der Waals surface area contributed by atoms with Crippen molar-refractivity contribution in [2.24, 2.45) is 5.92 Å². The largest absolute Gasteiger partial charge is 0.496 e. The molecule has 0 saturated carbocycles. The van der Waals surface area contributed by atoms with Crippen molar-refractivity contribution in [1.29, 1.82) is 0 Å². The molecule has 0 bridgehead atoms. The molecule has 0 saturated heterocycles. The van der Waals surface area contributed by atoms with Gasteiger partial charge < -0.3 is 18.6 Å². The summed E-state index contributed by atoms with van der Waals surface area (Å²) in [6.07, 6.45) is 5.99. The lowest BCUT2D eigenvalue weighted by molar-refractivity contribution is 0.0526. The Morgan fingerprint density at radius 1 is 1.05 bits per heavy atom. The molecule has 0 aliphatic heterocycles. The van der Waals surface area contributed by atoms with Gasteiger partial charge >= 0.3 is 5.97 Å². The van der Waals surface area contributed by atoms with Crippen molar-refractivity contribution in [2.75, 3.05) is 20.8 Å². The zero-order chi connectivity index (χ0) is 30.2. The summed E-state index contributed by atoms with van der Waals surface area (Å²) in [7, 11) is 1.16. The number of rotatable bonds is 14. The van der Waals surface area contributed by atoms with Crippen molar-refractivity contribution in [3.63, 3.8) is 0 Å². The third kappa shape index (κ3) is 8.46. The molecule has 0 unspecified atom stereocenters. The topological polar surface area (TPSA) is 71.8 Å². The first-order chi connectivity index (χ1) is 19.4. The fraction of sp³-hybridized carbons (Fsp3) is 0.515. The number of esters is 1. The summed E-state index contributed by atoms with van der Waals surface area (Å²) in [6, 6.07) is 14.7. The lowest BCUT2D eigenvalue weighted by Gasteiger charge is -2.42. The summed E-state index contributed by atoms with van der Waals surface area (Å²) in [5, 5.41) is 4.57. The highest BCUT2D eigenvalue weighted by Gasteiger charge is 2.41. The van der Waals surface area contributed by atoms with Crippen LogP contribution in [0, 0.1) is 12.8 Å². The normalized spacial score (nSPS) is 13.5. The Hall–Kier alpha value is -3.10. The van der Waals surface area contributed by atoms with E-state index in [1.54, 1.807) is 33.5 Å². The molecule has 7 nitrogen and oxygen atoms in total. The second-order valence-electron chi connectivity index (χ2n) is 12.2. The molecule has 8 heteroatoms. The van der Waals surface area contributed by atoms with Crippen LogP contribution < -0.4 is 9.47 Å². The van der Waals surface area contributed by atoms with Gasteiger partial charge in [0.25, 0.3) is 0 Å². The highest BCUT2D eigenvalue weighted by atomic mass is 28.4. The Balaban J connectivity index is 2.06. The van der Waals surface area contributed by atoms with E-state index in [1.165, 1.54) is 5.56 Å². The molecule has 3 rings (SSSR count). The van der Waals surface area contributed by atoms with Crippen molar-refractivity contribution >= 4 is 14.3 Å². The Kier molecular flexibility index (Phi) is 11.2. The maximum Gasteiger partial charge on any atom is 0.341 e. The minimum Gasteiger partial charge on any atom is -0.496 e. The number of aryl methyl sites for hydroxylation is 1. The average Bonchev–Trinajstić information content (AvgIpc) is 3.40. The predicted molar refractivity (Wildman–Crippen MR) is 166 cm³/mol. The number of hydrogen-bond acceptors (Lipinski definition) is 6. The van der Waals surface area contributed by atoms with Gasteiger partial charge in [-0.2, -0.15) is 5.10 Å². The van der Waals surface area contributed by atoms with Gasteiger partial charge in [0.15, 0.2) is 8.32 Å². The molecule has 1 aromatic heterocycles. The molecule has 41 heavy (non-hydrogen) atoms. The number of carbonyl (C=O) groups excluding carboxylic acids is 1. The van der Waals surface area contributed by atoms with Crippen LogP contribution in [0.5, 0.6) is 11.5 Å². The molecule has 0 N–H and O–H groups in total. The van der Waals surface area contributed by atoms with E-state index in [9.17, 15) is 4.79 Å². The lowest BCUT2D eigenvalue weighted by Crippen LogP contribution is -2.43. The third-order valence-electron chi connectivity index (χ3n) is 8.21. The second kappa shape index (κ2) is 14.2. The zero-order valence-electron chi connectivity index (χ0n) is 26.3. The predicted octanol–water partition coefficient (Wildman–Crippen LogP) is 7.79.